The maximum Gasteiger partial charge on any atom is 0.256 e. The first-order valence-corrected chi connectivity index (χ1v) is 8.21. The van der Waals surface area contributed by atoms with Gasteiger partial charge < -0.3 is 19.4 Å². The number of carbonyl (C=O) groups excluding carboxylic acids is 1. The van der Waals surface area contributed by atoms with Crippen LogP contribution in [0.25, 0.3) is 10.9 Å². The van der Waals surface area contributed by atoms with Crippen LogP contribution in [0.4, 0.5) is 0 Å². The van der Waals surface area contributed by atoms with Crippen molar-refractivity contribution in [3.05, 3.63) is 36.0 Å². The van der Waals surface area contributed by atoms with Crippen LogP contribution < -0.4 is 0 Å². The van der Waals surface area contributed by atoms with Crippen LogP contribution in [0, 0.1) is 5.92 Å². The lowest BCUT2D eigenvalue weighted by atomic mass is 9.97. The van der Waals surface area contributed by atoms with E-state index < -0.39 is 0 Å². The molecule has 5 heteroatoms. The second-order valence-electron chi connectivity index (χ2n) is 6.05. The van der Waals surface area contributed by atoms with E-state index in [-0.39, 0.29) is 5.91 Å². The molecule has 0 bridgehead atoms. The van der Waals surface area contributed by atoms with Crippen LogP contribution in [-0.4, -0.2) is 55.8 Å². The normalized spacial score (nSPS) is 16.1. The summed E-state index contributed by atoms with van der Waals surface area (Å²) in [6, 6.07) is 7.93. The number of likely N-dealkylation sites (tertiary alicyclic amines) is 1. The van der Waals surface area contributed by atoms with Crippen LogP contribution in [0.1, 0.15) is 23.2 Å². The van der Waals surface area contributed by atoms with Crippen molar-refractivity contribution in [2.75, 3.05) is 40.0 Å². The van der Waals surface area contributed by atoms with Crippen molar-refractivity contribution in [2.45, 2.75) is 12.8 Å². The van der Waals surface area contributed by atoms with E-state index in [0.717, 1.165) is 49.0 Å². The van der Waals surface area contributed by atoms with Crippen molar-refractivity contribution in [2.24, 2.45) is 5.92 Å². The smallest absolute Gasteiger partial charge is 0.256 e. The zero-order valence-electron chi connectivity index (χ0n) is 13.6. The van der Waals surface area contributed by atoms with Gasteiger partial charge in [-0.05, 0) is 24.8 Å². The third-order valence-electron chi connectivity index (χ3n) is 4.51. The van der Waals surface area contributed by atoms with Crippen molar-refractivity contribution in [1.82, 2.24) is 9.88 Å². The molecule has 1 aliphatic heterocycles. The van der Waals surface area contributed by atoms with Crippen molar-refractivity contribution in [3.8, 4) is 0 Å². The number of H-pyrrole nitrogens is 1. The number of para-hydroxylation sites is 1. The third-order valence-corrected chi connectivity index (χ3v) is 4.51. The van der Waals surface area contributed by atoms with E-state index in [1.54, 1.807) is 7.11 Å². The minimum atomic E-state index is 0.126. The van der Waals surface area contributed by atoms with Gasteiger partial charge >= 0.3 is 0 Å². The average molecular weight is 316 g/mol. The lowest BCUT2D eigenvalue weighted by Gasteiger charge is -2.31. The highest BCUT2D eigenvalue weighted by Crippen LogP contribution is 2.23. The molecule has 5 nitrogen and oxygen atoms in total. The fourth-order valence-electron chi connectivity index (χ4n) is 3.11. The number of nitrogens with one attached hydrogen (secondary N) is 1. The first kappa shape index (κ1) is 16.0. The number of fused-ring (bicyclic) bond motifs is 1. The van der Waals surface area contributed by atoms with E-state index in [4.69, 9.17) is 9.47 Å². The van der Waals surface area contributed by atoms with Gasteiger partial charge in [0, 0.05) is 43.9 Å². The molecule has 124 valence electrons. The number of aromatic amines is 1. The third kappa shape index (κ3) is 3.74. The topological polar surface area (TPSA) is 54.6 Å². The van der Waals surface area contributed by atoms with Crippen LogP contribution in [0.3, 0.4) is 0 Å². The molecular weight excluding hydrogens is 292 g/mol. The molecule has 1 N–H and O–H groups in total. The summed E-state index contributed by atoms with van der Waals surface area (Å²) in [5.74, 6) is 0.667. The number of nitrogens with zero attached hydrogens (tertiary/aromatic N) is 1. The summed E-state index contributed by atoms with van der Waals surface area (Å²) >= 11 is 0. The summed E-state index contributed by atoms with van der Waals surface area (Å²) in [5.41, 5.74) is 1.78. The van der Waals surface area contributed by atoms with E-state index >= 15 is 0 Å². The number of piperidine rings is 1. The van der Waals surface area contributed by atoms with Crippen LogP contribution in [0.15, 0.2) is 30.5 Å². The van der Waals surface area contributed by atoms with Crippen molar-refractivity contribution < 1.29 is 14.3 Å². The fourth-order valence-corrected chi connectivity index (χ4v) is 3.11. The minimum absolute atomic E-state index is 0.126. The number of carbonyl (C=O) groups is 1. The first-order chi connectivity index (χ1) is 11.3. The second-order valence-corrected chi connectivity index (χ2v) is 6.05. The van der Waals surface area contributed by atoms with E-state index in [2.05, 4.69) is 4.98 Å². The summed E-state index contributed by atoms with van der Waals surface area (Å²) in [7, 11) is 1.68. The van der Waals surface area contributed by atoms with E-state index in [1.165, 1.54) is 0 Å². The highest BCUT2D eigenvalue weighted by Gasteiger charge is 2.25. The highest BCUT2D eigenvalue weighted by molar-refractivity contribution is 6.06. The van der Waals surface area contributed by atoms with Crippen LogP contribution in [-0.2, 0) is 9.47 Å². The number of hydrogen-bond donors (Lipinski definition) is 1. The molecule has 1 aromatic heterocycles. The average Bonchev–Trinajstić information content (AvgIpc) is 3.03. The highest BCUT2D eigenvalue weighted by atomic mass is 16.5. The van der Waals surface area contributed by atoms with Gasteiger partial charge in [-0.2, -0.15) is 0 Å². The van der Waals surface area contributed by atoms with Crippen molar-refractivity contribution in [3.63, 3.8) is 0 Å². The predicted octanol–water partition coefficient (Wildman–Crippen LogP) is 2.68. The maximum atomic E-state index is 12.7. The quantitative estimate of drug-likeness (QED) is 0.834. The molecule has 2 heterocycles. The van der Waals surface area contributed by atoms with Crippen LogP contribution >= 0.6 is 0 Å². The second kappa shape index (κ2) is 7.62. The summed E-state index contributed by atoms with van der Waals surface area (Å²) in [5, 5.41) is 1.00. The summed E-state index contributed by atoms with van der Waals surface area (Å²) in [6.45, 7) is 3.65. The van der Waals surface area contributed by atoms with Gasteiger partial charge in [0.1, 0.15) is 0 Å². The Hall–Kier alpha value is -1.85. The molecule has 1 fully saturated rings. The lowest BCUT2D eigenvalue weighted by molar-refractivity contribution is 0.0328. The zero-order valence-corrected chi connectivity index (χ0v) is 13.6. The number of amides is 1. The Morgan fingerprint density at radius 1 is 1.26 bits per heavy atom. The Morgan fingerprint density at radius 3 is 2.83 bits per heavy atom. The monoisotopic (exact) mass is 316 g/mol. The molecule has 23 heavy (non-hydrogen) atoms. The lowest BCUT2D eigenvalue weighted by Crippen LogP contribution is -2.39. The Labute approximate surface area is 136 Å². The fraction of sp³-hybridized carbons (Fsp3) is 0.500. The Balaban J connectivity index is 1.54. The summed E-state index contributed by atoms with van der Waals surface area (Å²) in [6.07, 6.45) is 3.83. The van der Waals surface area contributed by atoms with Gasteiger partial charge in [-0.25, -0.2) is 0 Å². The number of ether oxygens (including phenoxy) is 2. The van der Waals surface area contributed by atoms with Crippen molar-refractivity contribution in [1.29, 1.82) is 0 Å². The first-order valence-electron chi connectivity index (χ1n) is 8.21. The molecule has 1 aromatic carbocycles. The Bertz CT molecular complexity index is 645. The SMILES string of the molecule is COCCOCC1CCN(C(=O)c2c[nH]c3ccccc23)CC1. The van der Waals surface area contributed by atoms with Gasteiger partial charge in [0.15, 0.2) is 0 Å². The van der Waals surface area contributed by atoms with Gasteiger partial charge in [0.05, 0.1) is 18.8 Å². The van der Waals surface area contributed by atoms with E-state index in [9.17, 15) is 4.79 Å². The van der Waals surface area contributed by atoms with Gasteiger partial charge in [0.2, 0.25) is 0 Å². The van der Waals surface area contributed by atoms with Crippen molar-refractivity contribution >= 4 is 16.8 Å². The molecule has 0 spiro atoms. The van der Waals surface area contributed by atoms with Gasteiger partial charge in [0.25, 0.3) is 5.91 Å². The summed E-state index contributed by atoms with van der Waals surface area (Å²) < 4.78 is 10.6. The van der Waals surface area contributed by atoms with E-state index in [0.29, 0.717) is 19.1 Å². The van der Waals surface area contributed by atoms with Crippen LogP contribution in [0.2, 0.25) is 0 Å². The molecule has 1 aliphatic rings. The largest absolute Gasteiger partial charge is 0.382 e. The van der Waals surface area contributed by atoms with E-state index in [1.807, 2.05) is 35.4 Å². The molecule has 0 radical (unpaired) electrons. The molecule has 1 saturated heterocycles. The van der Waals surface area contributed by atoms with Gasteiger partial charge in [-0.3, -0.25) is 4.79 Å². The molecule has 3 rings (SSSR count). The number of rotatable bonds is 6. The maximum absolute atomic E-state index is 12.7. The molecule has 0 saturated carbocycles. The Morgan fingerprint density at radius 2 is 2.04 bits per heavy atom. The van der Waals surface area contributed by atoms with Crippen LogP contribution in [0.5, 0.6) is 0 Å². The standard InChI is InChI=1S/C18H24N2O3/c1-22-10-11-23-13-14-6-8-20(9-7-14)18(21)16-12-19-17-5-3-2-4-15(16)17/h2-5,12,14,19H,6-11,13H2,1H3. The molecule has 0 aliphatic carbocycles. The molecule has 0 unspecified atom stereocenters. The predicted molar refractivity (Wildman–Crippen MR) is 89.6 cm³/mol. The summed E-state index contributed by atoms with van der Waals surface area (Å²) in [4.78, 5) is 17.9. The molecule has 2 aromatic rings. The number of methoxy groups -OCH3 is 1. The minimum Gasteiger partial charge on any atom is -0.382 e. The Kier molecular flexibility index (Phi) is 5.31. The molecular formula is C18H24N2O3. The van der Waals surface area contributed by atoms with Gasteiger partial charge in [-0.1, -0.05) is 18.2 Å². The number of hydrogen-bond acceptors (Lipinski definition) is 3. The molecule has 0 atom stereocenters. The zero-order chi connectivity index (χ0) is 16.1. The van der Waals surface area contributed by atoms with Gasteiger partial charge in [-0.15, -0.1) is 0 Å². The number of benzene rings is 1. The number of aromatic nitrogens is 1. The molecule has 1 amide bonds.